The number of aromatic nitrogens is 4. The monoisotopic (exact) mass is 512 g/mol. The minimum absolute atomic E-state index is 0.0166. The third-order valence-electron chi connectivity index (χ3n) is 6.62. The number of H-pyrrole nitrogens is 1. The van der Waals surface area contributed by atoms with E-state index in [4.69, 9.17) is 0 Å². The second kappa shape index (κ2) is 9.64. The van der Waals surface area contributed by atoms with Crippen LogP contribution in [-0.2, 0) is 11.0 Å². The van der Waals surface area contributed by atoms with E-state index in [1.54, 1.807) is 12.1 Å². The number of phenols is 1. The van der Waals surface area contributed by atoms with Crippen LogP contribution in [0.2, 0.25) is 0 Å². The number of carbonyl (C=O) groups is 1. The summed E-state index contributed by atoms with van der Waals surface area (Å²) in [7, 11) is 0. The van der Waals surface area contributed by atoms with Gasteiger partial charge in [0.25, 0.3) is 0 Å². The second-order valence-electron chi connectivity index (χ2n) is 9.01. The Kier molecular flexibility index (Phi) is 6.36. The highest BCUT2D eigenvalue weighted by Gasteiger charge is 2.35. The van der Waals surface area contributed by atoms with Crippen LogP contribution in [0.25, 0.3) is 0 Å². The van der Waals surface area contributed by atoms with Crippen LogP contribution >= 0.6 is 0 Å². The molecular formula is C24H23F3N8O2. The molecule has 0 saturated heterocycles. The summed E-state index contributed by atoms with van der Waals surface area (Å²) in [6, 6.07) is 9.60. The first-order valence-corrected chi connectivity index (χ1v) is 11.7. The molecule has 10 nitrogen and oxygen atoms in total. The van der Waals surface area contributed by atoms with Crippen LogP contribution in [0.5, 0.6) is 5.75 Å². The molecule has 2 aliphatic rings. The number of alkyl halides is 3. The number of nitrogens with one attached hydrogen (secondary N) is 2. The van der Waals surface area contributed by atoms with Crippen LogP contribution in [0.15, 0.2) is 52.7 Å². The molecule has 5 rings (SSSR count). The molecule has 1 aliphatic carbocycles. The van der Waals surface area contributed by atoms with Crippen molar-refractivity contribution in [2.45, 2.75) is 50.6 Å². The molecule has 3 N–H and O–H groups in total. The Morgan fingerprint density at radius 2 is 1.95 bits per heavy atom. The Morgan fingerprint density at radius 1 is 1.16 bits per heavy atom. The predicted molar refractivity (Wildman–Crippen MR) is 129 cm³/mol. The van der Waals surface area contributed by atoms with E-state index in [9.17, 15) is 23.1 Å². The normalized spacial score (nSPS) is 21.4. The average molecular weight is 512 g/mol. The van der Waals surface area contributed by atoms with Gasteiger partial charge in [0.2, 0.25) is 0 Å². The molecule has 2 atom stereocenters. The maximum Gasteiger partial charge on any atom is 0.416 e. The van der Waals surface area contributed by atoms with E-state index in [1.165, 1.54) is 19.1 Å². The van der Waals surface area contributed by atoms with E-state index >= 15 is 0 Å². The highest BCUT2D eigenvalue weighted by atomic mass is 19.4. The number of aromatic hydroxyl groups is 1. The first-order valence-electron chi connectivity index (χ1n) is 11.7. The summed E-state index contributed by atoms with van der Waals surface area (Å²) in [6.07, 6.45) is -1.01. The Balaban J connectivity index is 1.34. The zero-order chi connectivity index (χ0) is 26.2. The summed E-state index contributed by atoms with van der Waals surface area (Å²) < 4.78 is 39.3. The van der Waals surface area contributed by atoms with E-state index < -0.39 is 17.6 Å². The van der Waals surface area contributed by atoms with E-state index in [2.05, 4.69) is 36.3 Å². The van der Waals surface area contributed by atoms with Crippen LogP contribution in [0, 0.1) is 0 Å². The maximum atomic E-state index is 13.1. The van der Waals surface area contributed by atoms with Crippen molar-refractivity contribution >= 4 is 28.7 Å². The number of hydrazone groups is 2. The minimum atomic E-state index is -4.55. The molecule has 1 aliphatic heterocycles. The average Bonchev–Trinajstić information content (AvgIpc) is 3.52. The van der Waals surface area contributed by atoms with Gasteiger partial charge in [0.15, 0.2) is 11.5 Å². The zero-order valence-electron chi connectivity index (χ0n) is 19.7. The molecule has 1 aromatic heterocycles. The van der Waals surface area contributed by atoms with Crippen molar-refractivity contribution in [3.8, 4) is 5.75 Å². The van der Waals surface area contributed by atoms with Gasteiger partial charge in [0.05, 0.1) is 22.6 Å². The summed E-state index contributed by atoms with van der Waals surface area (Å²) in [6.45, 7) is 1.53. The number of halogens is 3. The molecule has 1 saturated carbocycles. The van der Waals surface area contributed by atoms with Gasteiger partial charge in [-0.1, -0.05) is 24.6 Å². The lowest BCUT2D eigenvalue weighted by Gasteiger charge is -2.28. The Hall–Kier alpha value is -4.29. The number of anilines is 2. The number of carbonyl (C=O) groups excluding carboxylic acids is 1. The highest BCUT2D eigenvalue weighted by molar-refractivity contribution is 6.71. The number of hydrogen-bond donors (Lipinski definition) is 3. The smallest absolute Gasteiger partial charge is 0.416 e. The van der Waals surface area contributed by atoms with E-state index in [1.807, 2.05) is 6.07 Å². The Labute approximate surface area is 209 Å². The molecule has 2 heterocycles. The van der Waals surface area contributed by atoms with Crippen molar-refractivity contribution in [3.63, 3.8) is 0 Å². The summed E-state index contributed by atoms with van der Waals surface area (Å²) in [4.78, 5) is 12.9. The van der Waals surface area contributed by atoms with E-state index in [0.717, 1.165) is 54.2 Å². The first-order chi connectivity index (χ1) is 17.7. The summed E-state index contributed by atoms with van der Waals surface area (Å²) in [5.74, 6) is 0.288. The zero-order valence-corrected chi connectivity index (χ0v) is 19.7. The first kappa shape index (κ1) is 24.4. The Morgan fingerprint density at radius 3 is 2.70 bits per heavy atom. The van der Waals surface area contributed by atoms with Gasteiger partial charge in [-0.15, -0.1) is 5.10 Å². The third-order valence-corrected chi connectivity index (χ3v) is 6.62. The van der Waals surface area contributed by atoms with Crippen molar-refractivity contribution in [3.05, 3.63) is 59.4 Å². The lowest BCUT2D eigenvalue weighted by Crippen LogP contribution is -2.28. The summed E-state index contributed by atoms with van der Waals surface area (Å²) in [5.41, 5.74) is 3.02. The lowest BCUT2D eigenvalue weighted by atomic mass is 9.77. The van der Waals surface area contributed by atoms with Crippen molar-refractivity contribution in [2.75, 3.05) is 10.4 Å². The highest BCUT2D eigenvalue weighted by Crippen LogP contribution is 2.44. The second-order valence-corrected chi connectivity index (χ2v) is 9.01. The predicted octanol–water partition coefficient (Wildman–Crippen LogP) is 4.56. The van der Waals surface area contributed by atoms with Gasteiger partial charge < -0.3 is 5.11 Å². The fraction of sp³-hybridized carbons (Fsp3) is 0.333. The van der Waals surface area contributed by atoms with Gasteiger partial charge in [-0.05, 0) is 72.4 Å². The lowest BCUT2D eigenvalue weighted by molar-refractivity contribution is -0.137. The maximum absolute atomic E-state index is 13.1. The molecule has 2 unspecified atom stereocenters. The van der Waals surface area contributed by atoms with Crippen molar-refractivity contribution < 1.29 is 23.1 Å². The van der Waals surface area contributed by atoms with Gasteiger partial charge in [0.1, 0.15) is 5.75 Å². The molecule has 13 heteroatoms. The molecule has 37 heavy (non-hydrogen) atoms. The van der Waals surface area contributed by atoms with Crippen LogP contribution in [0.4, 0.5) is 24.5 Å². The third kappa shape index (κ3) is 4.88. The minimum Gasteiger partial charge on any atom is -0.505 e. The van der Waals surface area contributed by atoms with E-state index in [-0.39, 0.29) is 34.7 Å². The SMILES string of the molecule is CC1=NN(c2cccc(C(F)(F)F)c2)C(=O)/C1=N/Nc1cccc(C2CCCC(c3nnn[nH]3)C2)c1O. The summed E-state index contributed by atoms with van der Waals surface area (Å²) in [5, 5.41) is 34.2. The number of tetrazole rings is 1. The van der Waals surface area contributed by atoms with Gasteiger partial charge >= 0.3 is 12.1 Å². The molecule has 0 radical (unpaired) electrons. The topological polar surface area (TPSA) is 132 Å². The summed E-state index contributed by atoms with van der Waals surface area (Å²) >= 11 is 0. The van der Waals surface area contributed by atoms with E-state index in [0.29, 0.717) is 5.69 Å². The van der Waals surface area contributed by atoms with Gasteiger partial charge in [-0.3, -0.25) is 10.2 Å². The molecule has 192 valence electrons. The number of aromatic amines is 1. The molecule has 0 bridgehead atoms. The molecule has 1 fully saturated rings. The molecule has 3 aromatic rings. The largest absolute Gasteiger partial charge is 0.505 e. The van der Waals surface area contributed by atoms with Crippen LogP contribution in [0.1, 0.15) is 61.4 Å². The number of para-hydroxylation sites is 1. The number of benzene rings is 2. The number of phenolic OH excluding ortho intramolecular Hbond substituents is 1. The van der Waals surface area contributed by atoms with Crippen LogP contribution in [-0.4, -0.2) is 43.1 Å². The van der Waals surface area contributed by atoms with Crippen molar-refractivity contribution in [2.24, 2.45) is 10.2 Å². The number of rotatable bonds is 5. The van der Waals surface area contributed by atoms with Crippen LogP contribution < -0.4 is 10.4 Å². The number of hydrogen-bond acceptors (Lipinski definition) is 8. The van der Waals surface area contributed by atoms with Crippen molar-refractivity contribution in [1.29, 1.82) is 0 Å². The number of nitrogens with zero attached hydrogens (tertiary/aromatic N) is 6. The van der Waals surface area contributed by atoms with Crippen molar-refractivity contribution in [1.82, 2.24) is 20.6 Å². The molecular weight excluding hydrogens is 489 g/mol. The van der Waals surface area contributed by atoms with Gasteiger partial charge in [-0.25, -0.2) is 5.10 Å². The fourth-order valence-electron chi connectivity index (χ4n) is 4.77. The van der Waals surface area contributed by atoms with Gasteiger partial charge in [-0.2, -0.15) is 28.4 Å². The molecule has 0 spiro atoms. The molecule has 1 amide bonds. The van der Waals surface area contributed by atoms with Crippen LogP contribution in [0.3, 0.4) is 0 Å². The molecule has 2 aromatic carbocycles. The number of amides is 1. The van der Waals surface area contributed by atoms with Gasteiger partial charge in [0, 0.05) is 5.92 Å². The fourth-order valence-corrected chi connectivity index (χ4v) is 4.77. The quantitative estimate of drug-likeness (QED) is 0.339. The Bertz CT molecular complexity index is 1370. The standard InChI is InChI=1S/C24H23F3N8O2/c1-13-20(23(37)35(32-13)17-8-3-7-16(12-17)24(25,26)27)29-28-19-10-4-9-18(21(19)36)14-5-2-6-15(11-14)22-30-33-34-31-22/h3-4,7-10,12,14-15,28,36H,2,5-6,11H2,1H3,(H,30,31,33,34)/b29-20+.